The molecule has 1 fully saturated rings. The van der Waals surface area contributed by atoms with E-state index in [4.69, 9.17) is 0 Å². The van der Waals surface area contributed by atoms with Crippen molar-refractivity contribution < 1.29 is 0 Å². The topological polar surface area (TPSA) is 29.4 Å². The van der Waals surface area contributed by atoms with Crippen molar-refractivity contribution in [3.8, 4) is 0 Å². The molecule has 2 nitrogen and oxygen atoms in total. The lowest BCUT2D eigenvalue weighted by molar-refractivity contribution is 0.379. The molecule has 1 aliphatic carbocycles. The number of hydrogen-bond acceptors (Lipinski definition) is 2. The van der Waals surface area contributed by atoms with E-state index in [1.807, 2.05) is 6.08 Å². The standard InChI is InChI=1S/C8H15NOSi/c1-2-8(11)6-4-3-5-7(8)9-10/h2,7H,1,3-6H2,11H3. The summed E-state index contributed by atoms with van der Waals surface area (Å²) in [5.74, 6) is 0. The van der Waals surface area contributed by atoms with Crippen LogP contribution in [0.15, 0.2) is 17.8 Å². The van der Waals surface area contributed by atoms with Gasteiger partial charge >= 0.3 is 0 Å². The fraction of sp³-hybridized carbons (Fsp3) is 0.750. The van der Waals surface area contributed by atoms with Crippen molar-refractivity contribution in [1.82, 2.24) is 0 Å². The molecule has 0 radical (unpaired) electrons. The second-order valence-corrected chi connectivity index (χ2v) is 5.44. The first-order valence-corrected chi connectivity index (χ1v) is 5.19. The summed E-state index contributed by atoms with van der Waals surface area (Å²) >= 11 is 0. The minimum absolute atomic E-state index is 0.0282. The van der Waals surface area contributed by atoms with Crippen LogP contribution < -0.4 is 0 Å². The average molecular weight is 169 g/mol. The molecule has 1 saturated carbocycles. The van der Waals surface area contributed by atoms with Crippen LogP contribution >= 0.6 is 0 Å². The van der Waals surface area contributed by atoms with Crippen LogP contribution in [0.25, 0.3) is 0 Å². The van der Waals surface area contributed by atoms with E-state index in [1.54, 1.807) is 0 Å². The highest BCUT2D eigenvalue weighted by atomic mass is 28.1. The highest BCUT2D eigenvalue weighted by molar-refractivity contribution is 6.17. The van der Waals surface area contributed by atoms with Crippen LogP contribution in [0.2, 0.25) is 5.04 Å². The van der Waals surface area contributed by atoms with Gasteiger partial charge in [0.25, 0.3) is 0 Å². The lowest BCUT2D eigenvalue weighted by atomic mass is 9.84. The van der Waals surface area contributed by atoms with Crippen LogP contribution in [-0.2, 0) is 0 Å². The quantitative estimate of drug-likeness (QED) is 0.349. The van der Waals surface area contributed by atoms with Crippen molar-refractivity contribution in [1.29, 1.82) is 0 Å². The molecular weight excluding hydrogens is 154 g/mol. The van der Waals surface area contributed by atoms with E-state index in [1.165, 1.54) is 6.42 Å². The third-order valence-electron chi connectivity index (χ3n) is 2.80. The Balaban J connectivity index is 2.72. The normalized spacial score (nSPS) is 38.4. The average Bonchev–Trinajstić information content (AvgIpc) is 2.05. The van der Waals surface area contributed by atoms with Gasteiger partial charge in [0, 0.05) is 10.2 Å². The maximum absolute atomic E-state index is 10.5. The zero-order chi connectivity index (χ0) is 8.32. The first-order valence-electron chi connectivity index (χ1n) is 4.19. The van der Waals surface area contributed by atoms with Gasteiger partial charge in [-0.25, -0.2) is 0 Å². The Morgan fingerprint density at radius 3 is 2.82 bits per heavy atom. The van der Waals surface area contributed by atoms with Crippen molar-refractivity contribution >= 4 is 10.2 Å². The molecule has 1 aliphatic rings. The van der Waals surface area contributed by atoms with Crippen molar-refractivity contribution in [2.45, 2.75) is 36.8 Å². The van der Waals surface area contributed by atoms with Crippen LogP contribution in [-0.4, -0.2) is 16.3 Å². The van der Waals surface area contributed by atoms with Crippen LogP contribution in [0.5, 0.6) is 0 Å². The van der Waals surface area contributed by atoms with E-state index in [9.17, 15) is 4.91 Å². The molecule has 62 valence electrons. The van der Waals surface area contributed by atoms with Gasteiger partial charge < -0.3 is 0 Å². The summed E-state index contributed by atoms with van der Waals surface area (Å²) < 4.78 is 0. The van der Waals surface area contributed by atoms with E-state index < -0.39 is 0 Å². The van der Waals surface area contributed by atoms with Gasteiger partial charge in [-0.05, 0) is 17.9 Å². The Kier molecular flexibility index (Phi) is 2.60. The van der Waals surface area contributed by atoms with Gasteiger partial charge in [0.05, 0.1) is 6.04 Å². The predicted molar refractivity (Wildman–Crippen MR) is 50.9 cm³/mol. The number of nitroso groups, excluding NO2 is 1. The third kappa shape index (κ3) is 1.58. The van der Waals surface area contributed by atoms with Crippen molar-refractivity contribution in [3.05, 3.63) is 17.6 Å². The molecule has 2 atom stereocenters. The Hall–Kier alpha value is -0.443. The van der Waals surface area contributed by atoms with Crippen molar-refractivity contribution in [2.75, 3.05) is 0 Å². The summed E-state index contributed by atoms with van der Waals surface area (Å²) in [4.78, 5) is 10.5. The first kappa shape index (κ1) is 8.65. The summed E-state index contributed by atoms with van der Waals surface area (Å²) in [5, 5.41) is 3.30. The molecule has 0 aromatic rings. The van der Waals surface area contributed by atoms with Crippen LogP contribution in [0.4, 0.5) is 0 Å². The van der Waals surface area contributed by atoms with Gasteiger partial charge in [0.2, 0.25) is 0 Å². The minimum Gasteiger partial charge on any atom is -0.151 e. The van der Waals surface area contributed by atoms with Crippen molar-refractivity contribution in [2.24, 2.45) is 5.18 Å². The van der Waals surface area contributed by atoms with Crippen LogP contribution in [0.3, 0.4) is 0 Å². The van der Waals surface area contributed by atoms with Gasteiger partial charge in [-0.2, -0.15) is 4.91 Å². The fourth-order valence-electron chi connectivity index (χ4n) is 1.75. The molecule has 0 aliphatic heterocycles. The SMILES string of the molecule is C=CC1([SiH3])CCCCC1N=O. The smallest absolute Gasteiger partial charge is 0.0976 e. The summed E-state index contributed by atoms with van der Waals surface area (Å²) in [5.41, 5.74) is 0. The third-order valence-corrected chi connectivity index (χ3v) is 4.37. The second-order valence-electron chi connectivity index (χ2n) is 3.58. The molecule has 0 amide bonds. The molecule has 0 aromatic carbocycles. The molecule has 1 rings (SSSR count). The Morgan fingerprint density at radius 1 is 1.64 bits per heavy atom. The predicted octanol–water partition coefficient (Wildman–Crippen LogP) is 1.41. The maximum atomic E-state index is 10.5. The zero-order valence-electron chi connectivity index (χ0n) is 7.05. The Labute approximate surface area is 70.5 Å². The molecule has 0 N–H and O–H groups in total. The number of rotatable bonds is 2. The molecule has 3 heteroatoms. The monoisotopic (exact) mass is 169 g/mol. The lowest BCUT2D eigenvalue weighted by Crippen LogP contribution is -2.28. The second kappa shape index (κ2) is 3.30. The molecule has 0 heterocycles. The lowest BCUT2D eigenvalue weighted by Gasteiger charge is -2.34. The largest absolute Gasteiger partial charge is 0.151 e. The molecule has 0 spiro atoms. The molecule has 0 bridgehead atoms. The maximum Gasteiger partial charge on any atom is 0.0976 e. The van der Waals surface area contributed by atoms with Gasteiger partial charge in [-0.15, -0.1) is 6.58 Å². The molecule has 11 heavy (non-hydrogen) atoms. The fourth-order valence-corrected chi connectivity index (χ4v) is 2.50. The highest BCUT2D eigenvalue weighted by Crippen LogP contribution is 2.42. The van der Waals surface area contributed by atoms with Gasteiger partial charge in [0.1, 0.15) is 0 Å². The number of hydrogen-bond donors (Lipinski definition) is 0. The van der Waals surface area contributed by atoms with Gasteiger partial charge in [-0.3, -0.25) is 0 Å². The van der Waals surface area contributed by atoms with Gasteiger partial charge in [0.15, 0.2) is 0 Å². The molecule has 0 saturated heterocycles. The summed E-state index contributed by atoms with van der Waals surface area (Å²) in [6.45, 7) is 3.79. The molecular formula is C8H15NOSi. The summed E-state index contributed by atoms with van der Waals surface area (Å²) in [6.07, 6.45) is 6.44. The first-order chi connectivity index (χ1) is 5.23. The van der Waals surface area contributed by atoms with E-state index in [-0.39, 0.29) is 11.1 Å². The van der Waals surface area contributed by atoms with E-state index >= 15 is 0 Å². The van der Waals surface area contributed by atoms with Crippen LogP contribution in [0.1, 0.15) is 25.7 Å². The van der Waals surface area contributed by atoms with E-state index in [2.05, 4.69) is 11.8 Å². The summed E-state index contributed by atoms with van der Waals surface area (Å²) in [7, 11) is 1.01. The van der Waals surface area contributed by atoms with Crippen molar-refractivity contribution in [3.63, 3.8) is 0 Å². The zero-order valence-corrected chi connectivity index (χ0v) is 9.05. The molecule has 2 unspecified atom stereocenters. The van der Waals surface area contributed by atoms with Crippen LogP contribution in [0, 0.1) is 4.91 Å². The summed E-state index contributed by atoms with van der Waals surface area (Å²) in [6, 6.07) is 0.0282. The van der Waals surface area contributed by atoms with Gasteiger partial charge in [-0.1, -0.05) is 24.1 Å². The molecule has 0 aromatic heterocycles. The Morgan fingerprint density at radius 2 is 2.36 bits per heavy atom. The minimum atomic E-state index is 0.0282. The number of nitrogens with zero attached hydrogens (tertiary/aromatic N) is 1. The van der Waals surface area contributed by atoms with E-state index in [0.717, 1.165) is 29.5 Å². The van der Waals surface area contributed by atoms with E-state index in [0.29, 0.717) is 0 Å². The Bertz CT molecular complexity index is 171. The highest BCUT2D eigenvalue weighted by Gasteiger charge is 2.34.